The van der Waals surface area contributed by atoms with Gasteiger partial charge < -0.3 is 14.6 Å². The second-order valence-electron chi connectivity index (χ2n) is 6.90. The molecule has 5 rings (SSSR count). The summed E-state index contributed by atoms with van der Waals surface area (Å²) in [4.78, 5) is 22.6. The quantitative estimate of drug-likeness (QED) is 0.563. The number of carbonyl (C=O) groups excluding carboxylic acids is 1. The van der Waals surface area contributed by atoms with Gasteiger partial charge in [-0.15, -0.1) is 11.3 Å². The van der Waals surface area contributed by atoms with Crippen LogP contribution in [0.15, 0.2) is 59.4 Å². The molecule has 1 N–H and O–H groups in total. The van der Waals surface area contributed by atoms with Crippen molar-refractivity contribution >= 4 is 28.1 Å². The van der Waals surface area contributed by atoms with E-state index in [4.69, 9.17) is 4.74 Å². The second-order valence-corrected chi connectivity index (χ2v) is 7.62. The number of carbonyl (C=O) groups is 1. The van der Waals surface area contributed by atoms with E-state index in [1.807, 2.05) is 46.7 Å². The van der Waals surface area contributed by atoms with Gasteiger partial charge in [0.1, 0.15) is 12.4 Å². The first-order valence-corrected chi connectivity index (χ1v) is 10.2. The average molecular weight is 389 g/mol. The molecular weight excluding hydrogens is 370 g/mol. The van der Waals surface area contributed by atoms with Crippen LogP contribution in [0.1, 0.15) is 27.3 Å². The molecule has 0 spiro atoms. The van der Waals surface area contributed by atoms with E-state index in [2.05, 4.69) is 22.1 Å². The highest BCUT2D eigenvalue weighted by molar-refractivity contribution is 7.07. The van der Waals surface area contributed by atoms with E-state index in [1.54, 1.807) is 16.8 Å². The molecule has 1 aliphatic rings. The summed E-state index contributed by atoms with van der Waals surface area (Å²) < 4.78 is 5.73. The molecule has 2 aromatic heterocycles. The highest BCUT2D eigenvalue weighted by atomic mass is 32.1. The van der Waals surface area contributed by atoms with Crippen LogP contribution in [0.2, 0.25) is 0 Å². The van der Waals surface area contributed by atoms with E-state index in [-0.39, 0.29) is 5.91 Å². The molecule has 3 heterocycles. The Morgan fingerprint density at radius 2 is 2.04 bits per heavy atom. The third-order valence-electron chi connectivity index (χ3n) is 5.14. The van der Waals surface area contributed by atoms with Gasteiger partial charge in [0.2, 0.25) is 0 Å². The number of ether oxygens (including phenoxy) is 1. The van der Waals surface area contributed by atoms with Crippen molar-refractivity contribution in [2.24, 2.45) is 0 Å². The zero-order valence-corrected chi connectivity index (χ0v) is 16.0. The molecule has 0 unspecified atom stereocenters. The number of rotatable bonds is 4. The Bertz CT molecular complexity index is 1120. The normalized spacial score (nSPS) is 13.5. The number of aromatic amines is 1. The van der Waals surface area contributed by atoms with Gasteiger partial charge in [0, 0.05) is 52.6 Å². The molecule has 0 radical (unpaired) electrons. The van der Waals surface area contributed by atoms with Crippen molar-refractivity contribution in [3.05, 3.63) is 81.9 Å². The van der Waals surface area contributed by atoms with Crippen molar-refractivity contribution < 1.29 is 9.53 Å². The molecule has 140 valence electrons. The molecule has 1 aliphatic heterocycles. The van der Waals surface area contributed by atoms with E-state index in [0.717, 1.165) is 29.9 Å². The van der Waals surface area contributed by atoms with Crippen LogP contribution in [0.5, 0.6) is 5.75 Å². The molecule has 6 heteroatoms. The molecule has 0 saturated carbocycles. The summed E-state index contributed by atoms with van der Waals surface area (Å²) in [6.07, 6.45) is 0.852. The lowest BCUT2D eigenvalue weighted by atomic mass is 10.0. The average Bonchev–Trinajstić information content (AvgIpc) is 3.39. The van der Waals surface area contributed by atoms with Crippen LogP contribution in [-0.4, -0.2) is 27.3 Å². The van der Waals surface area contributed by atoms with E-state index >= 15 is 0 Å². The summed E-state index contributed by atoms with van der Waals surface area (Å²) in [5.74, 6) is 0.795. The van der Waals surface area contributed by atoms with Gasteiger partial charge in [-0.3, -0.25) is 4.79 Å². The van der Waals surface area contributed by atoms with Crippen molar-refractivity contribution in [1.82, 2.24) is 14.9 Å². The lowest BCUT2D eigenvalue weighted by molar-refractivity contribution is 0.0735. The van der Waals surface area contributed by atoms with Gasteiger partial charge in [0.05, 0.1) is 11.2 Å². The first kappa shape index (κ1) is 17.0. The fourth-order valence-corrected chi connectivity index (χ4v) is 4.23. The highest BCUT2D eigenvalue weighted by Crippen LogP contribution is 2.28. The van der Waals surface area contributed by atoms with Crippen molar-refractivity contribution in [1.29, 1.82) is 0 Å². The van der Waals surface area contributed by atoms with Crippen LogP contribution >= 0.6 is 11.3 Å². The zero-order chi connectivity index (χ0) is 18.9. The van der Waals surface area contributed by atoms with E-state index in [0.29, 0.717) is 18.7 Å². The summed E-state index contributed by atoms with van der Waals surface area (Å²) in [5, 5.41) is 3.17. The molecule has 0 bridgehead atoms. The standard InChI is InChI=1S/C22H19N3O2S/c26-22(15-5-7-17(8-6-15)27-12-16-13-28-14-23-16)25-10-9-21-19(11-25)18-3-1-2-4-20(18)24-21/h1-8,13-14,24H,9-12H2. The molecule has 0 aliphatic carbocycles. The van der Waals surface area contributed by atoms with Crippen LogP contribution in [0.4, 0.5) is 0 Å². The smallest absolute Gasteiger partial charge is 0.254 e. The Morgan fingerprint density at radius 1 is 1.18 bits per heavy atom. The van der Waals surface area contributed by atoms with E-state index in [1.165, 1.54) is 16.6 Å². The Labute approximate surface area is 166 Å². The Balaban J connectivity index is 1.30. The number of fused-ring (bicyclic) bond motifs is 3. The fraction of sp³-hybridized carbons (Fsp3) is 0.182. The van der Waals surface area contributed by atoms with Gasteiger partial charge >= 0.3 is 0 Å². The van der Waals surface area contributed by atoms with Gasteiger partial charge in [-0.05, 0) is 30.3 Å². The van der Waals surface area contributed by atoms with Crippen molar-refractivity contribution in [3.8, 4) is 5.75 Å². The molecule has 2 aromatic carbocycles. The van der Waals surface area contributed by atoms with Crippen molar-refractivity contribution in [2.75, 3.05) is 6.54 Å². The molecule has 0 saturated heterocycles. The summed E-state index contributed by atoms with van der Waals surface area (Å²) >= 11 is 1.55. The van der Waals surface area contributed by atoms with Gasteiger partial charge in [0.25, 0.3) is 5.91 Å². The Kier molecular flexibility index (Phi) is 4.33. The second kappa shape index (κ2) is 7.13. The van der Waals surface area contributed by atoms with Crippen LogP contribution in [0, 0.1) is 0 Å². The predicted octanol–water partition coefficient (Wildman–Crippen LogP) is 4.40. The number of H-pyrrole nitrogens is 1. The van der Waals surface area contributed by atoms with Crippen molar-refractivity contribution in [3.63, 3.8) is 0 Å². The Hall–Kier alpha value is -3.12. The van der Waals surface area contributed by atoms with Crippen LogP contribution in [0.3, 0.4) is 0 Å². The molecule has 1 amide bonds. The predicted molar refractivity (Wildman–Crippen MR) is 110 cm³/mol. The monoisotopic (exact) mass is 389 g/mol. The van der Waals surface area contributed by atoms with Gasteiger partial charge in [-0.25, -0.2) is 4.98 Å². The third kappa shape index (κ3) is 3.16. The van der Waals surface area contributed by atoms with Gasteiger partial charge in [-0.2, -0.15) is 0 Å². The maximum Gasteiger partial charge on any atom is 0.254 e. The fourth-order valence-electron chi connectivity index (χ4n) is 3.68. The number of thiazole rings is 1. The molecule has 5 nitrogen and oxygen atoms in total. The number of benzene rings is 2. The zero-order valence-electron chi connectivity index (χ0n) is 15.2. The van der Waals surface area contributed by atoms with E-state index in [9.17, 15) is 4.79 Å². The molecular formula is C22H19N3O2S. The maximum atomic E-state index is 13.0. The van der Waals surface area contributed by atoms with E-state index < -0.39 is 0 Å². The molecule has 0 fully saturated rings. The topological polar surface area (TPSA) is 58.2 Å². The lowest BCUT2D eigenvalue weighted by Crippen LogP contribution is -2.35. The van der Waals surface area contributed by atoms with Gasteiger partial charge in [-0.1, -0.05) is 18.2 Å². The summed E-state index contributed by atoms with van der Waals surface area (Å²) in [7, 11) is 0. The maximum absolute atomic E-state index is 13.0. The summed E-state index contributed by atoms with van der Waals surface area (Å²) in [6, 6.07) is 15.7. The first-order chi connectivity index (χ1) is 13.8. The van der Waals surface area contributed by atoms with Crippen LogP contribution < -0.4 is 4.74 Å². The lowest BCUT2D eigenvalue weighted by Gasteiger charge is -2.27. The molecule has 28 heavy (non-hydrogen) atoms. The molecule has 0 atom stereocenters. The number of para-hydroxylation sites is 1. The SMILES string of the molecule is O=C(c1ccc(OCc2cscn2)cc1)N1CCc2[nH]c3ccccc3c2C1. The summed E-state index contributed by atoms with van der Waals surface area (Å²) in [5.41, 5.74) is 7.01. The summed E-state index contributed by atoms with van der Waals surface area (Å²) in [6.45, 7) is 1.80. The minimum Gasteiger partial charge on any atom is -0.487 e. The van der Waals surface area contributed by atoms with Crippen LogP contribution in [0.25, 0.3) is 10.9 Å². The minimum absolute atomic E-state index is 0.0574. The first-order valence-electron chi connectivity index (χ1n) is 9.25. The van der Waals surface area contributed by atoms with Gasteiger partial charge in [0.15, 0.2) is 0 Å². The number of hydrogen-bond acceptors (Lipinski definition) is 4. The Morgan fingerprint density at radius 3 is 2.86 bits per heavy atom. The largest absolute Gasteiger partial charge is 0.487 e. The molecule has 4 aromatic rings. The minimum atomic E-state index is 0.0574. The number of amides is 1. The highest BCUT2D eigenvalue weighted by Gasteiger charge is 2.24. The number of nitrogens with one attached hydrogen (secondary N) is 1. The number of hydrogen-bond donors (Lipinski definition) is 1. The number of nitrogens with zero attached hydrogens (tertiary/aromatic N) is 2. The van der Waals surface area contributed by atoms with Crippen LogP contribution in [-0.2, 0) is 19.6 Å². The van der Waals surface area contributed by atoms with Crippen molar-refractivity contribution in [2.45, 2.75) is 19.6 Å². The number of aromatic nitrogens is 2. The third-order valence-corrected chi connectivity index (χ3v) is 5.78.